The van der Waals surface area contributed by atoms with Gasteiger partial charge in [-0.25, -0.2) is 0 Å². The van der Waals surface area contributed by atoms with Crippen LogP contribution in [0.15, 0.2) is 58.3 Å². The van der Waals surface area contributed by atoms with Gasteiger partial charge in [-0.2, -0.15) is 12.6 Å². The van der Waals surface area contributed by atoms with Crippen molar-refractivity contribution in [2.45, 2.75) is 49.3 Å². The van der Waals surface area contributed by atoms with Gasteiger partial charge in [0.15, 0.2) is 0 Å². The van der Waals surface area contributed by atoms with Crippen molar-refractivity contribution in [1.29, 1.82) is 0 Å². The van der Waals surface area contributed by atoms with Gasteiger partial charge < -0.3 is 0 Å². The highest BCUT2D eigenvalue weighted by atomic mass is 32.2. The minimum atomic E-state index is 1.28. The number of aryl methyl sites for hydroxylation is 2. The predicted octanol–water partition coefficient (Wildman–Crippen LogP) is 7.02. The van der Waals surface area contributed by atoms with Crippen LogP contribution in [-0.2, 0) is 12.8 Å². The molecule has 2 aromatic carbocycles. The fraction of sp³-hybridized carbons (Fsp3) is 0.429. The summed E-state index contributed by atoms with van der Waals surface area (Å²) in [5, 5.41) is 0. The molecule has 0 aliphatic carbocycles. The van der Waals surface area contributed by atoms with Gasteiger partial charge in [0.1, 0.15) is 0 Å². The number of rotatable bonds is 0. The molecule has 0 fully saturated rings. The fourth-order valence-electron chi connectivity index (χ4n) is 2.59. The Kier molecular flexibility index (Phi) is 12.3. The Morgan fingerprint density at radius 1 is 0.667 bits per heavy atom. The fourth-order valence-corrected chi connectivity index (χ4v) is 4.67. The molecule has 0 bridgehead atoms. The minimum absolute atomic E-state index is 1.28. The summed E-state index contributed by atoms with van der Waals surface area (Å²) < 4.78 is 0. The van der Waals surface area contributed by atoms with Gasteiger partial charge in [0.2, 0.25) is 0 Å². The Bertz CT molecular complexity index is 465. The largest absolute Gasteiger partial charge is 0.183 e. The van der Waals surface area contributed by atoms with Gasteiger partial charge in [0.25, 0.3) is 0 Å². The predicted molar refractivity (Wildman–Crippen MR) is 117 cm³/mol. The molecule has 0 nitrogen and oxygen atoms in total. The molecule has 0 saturated carbocycles. The molecule has 0 N–H and O–H groups in total. The zero-order valence-corrected chi connectivity index (χ0v) is 17.7. The molecule has 4 rings (SSSR count). The zero-order valence-electron chi connectivity index (χ0n) is 15.1. The van der Waals surface area contributed by atoms with E-state index in [1.165, 1.54) is 47.0 Å². The summed E-state index contributed by atoms with van der Waals surface area (Å²) in [5.74, 6) is 2.61. The molecule has 0 aromatic heterocycles. The molecule has 0 atom stereocenters. The first kappa shape index (κ1) is 21.5. The molecular weight excluding hydrogens is 348 g/mol. The van der Waals surface area contributed by atoms with Crippen LogP contribution in [0.5, 0.6) is 0 Å². The van der Waals surface area contributed by atoms with E-state index in [0.29, 0.717) is 0 Å². The van der Waals surface area contributed by atoms with Gasteiger partial charge in [-0.05, 0) is 66.7 Å². The van der Waals surface area contributed by atoms with Crippen LogP contribution in [0.4, 0.5) is 0 Å². The van der Waals surface area contributed by atoms with Crippen LogP contribution in [0.1, 0.15) is 37.8 Å². The van der Waals surface area contributed by atoms with E-state index in [9.17, 15) is 0 Å². The quantitative estimate of drug-likeness (QED) is 0.489. The Hall–Kier alpha value is -0.510. The van der Waals surface area contributed by atoms with Crippen molar-refractivity contribution in [3.8, 4) is 0 Å². The molecule has 24 heavy (non-hydrogen) atoms. The number of thiol groups is 1. The number of hydrogen-bond acceptors (Lipinski definition) is 3. The molecule has 0 radical (unpaired) electrons. The van der Waals surface area contributed by atoms with Gasteiger partial charge in [-0.1, -0.05) is 50.2 Å². The third-order valence-electron chi connectivity index (χ3n) is 3.64. The normalized spacial score (nSPS) is 14.2. The molecule has 2 aliphatic rings. The van der Waals surface area contributed by atoms with E-state index in [4.69, 9.17) is 0 Å². The second-order valence-electron chi connectivity index (χ2n) is 5.12. The summed E-state index contributed by atoms with van der Waals surface area (Å²) in [6, 6.07) is 17.4. The highest BCUT2D eigenvalue weighted by molar-refractivity contribution is 7.99. The first-order valence-electron chi connectivity index (χ1n) is 8.79. The molecule has 0 spiro atoms. The van der Waals surface area contributed by atoms with Crippen molar-refractivity contribution in [3.63, 3.8) is 0 Å². The second kappa shape index (κ2) is 13.7. The number of thioether (sulfide) groups is 2. The molecule has 2 aromatic rings. The maximum Gasteiger partial charge on any atom is 0.0104 e. The first-order valence-corrected chi connectivity index (χ1v) is 11.7. The third kappa shape index (κ3) is 7.16. The van der Waals surface area contributed by atoms with E-state index in [-0.39, 0.29) is 0 Å². The molecule has 3 heteroatoms. The number of hydrogen-bond donors (Lipinski definition) is 1. The van der Waals surface area contributed by atoms with E-state index in [2.05, 4.69) is 61.2 Å². The summed E-state index contributed by atoms with van der Waals surface area (Å²) in [6.45, 7) is 4.00. The Morgan fingerprint density at radius 2 is 1.04 bits per heavy atom. The van der Waals surface area contributed by atoms with Crippen molar-refractivity contribution in [2.24, 2.45) is 0 Å². The Morgan fingerprint density at radius 3 is 1.42 bits per heavy atom. The smallest absolute Gasteiger partial charge is 0.0104 e. The highest BCUT2D eigenvalue weighted by Crippen LogP contribution is 2.29. The molecule has 2 aliphatic heterocycles. The van der Waals surface area contributed by atoms with Crippen molar-refractivity contribution < 1.29 is 0 Å². The van der Waals surface area contributed by atoms with Crippen molar-refractivity contribution in [1.82, 2.24) is 0 Å². The first-order chi connectivity index (χ1) is 11.9. The van der Waals surface area contributed by atoms with E-state index >= 15 is 0 Å². The van der Waals surface area contributed by atoms with Crippen molar-refractivity contribution >= 4 is 36.2 Å². The number of benzene rings is 2. The van der Waals surface area contributed by atoms with Crippen LogP contribution >= 0.6 is 36.2 Å². The summed E-state index contributed by atoms with van der Waals surface area (Å²) in [4.78, 5) is 2.99. The summed E-state index contributed by atoms with van der Waals surface area (Å²) >= 11 is 7.51. The zero-order chi connectivity index (χ0) is 17.6. The average Bonchev–Trinajstić information content (AvgIpc) is 2.72. The lowest BCUT2D eigenvalue weighted by molar-refractivity contribution is 0.890. The summed E-state index contributed by atoms with van der Waals surface area (Å²) in [7, 11) is 0. The molecule has 0 saturated heterocycles. The number of fused-ring (bicyclic) bond motifs is 2. The summed E-state index contributed by atoms with van der Waals surface area (Å²) in [5.41, 5.74) is 3.08. The van der Waals surface area contributed by atoms with Gasteiger partial charge in [-0.3, -0.25) is 0 Å². The van der Waals surface area contributed by atoms with E-state index in [0.717, 1.165) is 0 Å². The monoisotopic (exact) mass is 378 g/mol. The van der Waals surface area contributed by atoms with Gasteiger partial charge in [0, 0.05) is 9.79 Å². The molecule has 2 heterocycles. The van der Waals surface area contributed by atoms with Crippen LogP contribution in [-0.4, -0.2) is 17.8 Å². The van der Waals surface area contributed by atoms with Crippen LogP contribution in [0, 0.1) is 0 Å². The second-order valence-corrected chi connectivity index (χ2v) is 7.39. The lowest BCUT2D eigenvalue weighted by atomic mass is 10.1. The van der Waals surface area contributed by atoms with Crippen molar-refractivity contribution in [2.75, 3.05) is 17.8 Å². The van der Waals surface area contributed by atoms with E-state index in [1.54, 1.807) is 17.4 Å². The van der Waals surface area contributed by atoms with Crippen LogP contribution in [0.2, 0.25) is 0 Å². The molecule has 0 amide bonds. The van der Waals surface area contributed by atoms with Crippen LogP contribution in [0.3, 0.4) is 0 Å². The maximum absolute atomic E-state index is 3.53. The minimum Gasteiger partial charge on any atom is -0.183 e. The van der Waals surface area contributed by atoms with Crippen LogP contribution in [0.25, 0.3) is 0 Å². The Labute approximate surface area is 162 Å². The third-order valence-corrected chi connectivity index (χ3v) is 6.05. The van der Waals surface area contributed by atoms with Gasteiger partial charge >= 0.3 is 0 Å². The lowest BCUT2D eigenvalue weighted by Crippen LogP contribution is -1.96. The Balaban J connectivity index is 0.000000199. The SMILES string of the molecule is CC.CS.c1ccc2c(c1)CCCS2.c1ccc2c(c1)CCCS2. The van der Waals surface area contributed by atoms with Crippen molar-refractivity contribution in [3.05, 3.63) is 59.7 Å². The maximum atomic E-state index is 3.53. The highest BCUT2D eigenvalue weighted by Gasteiger charge is 2.07. The molecule has 132 valence electrons. The molecular formula is C21H30S3. The van der Waals surface area contributed by atoms with Gasteiger partial charge in [-0.15, -0.1) is 23.5 Å². The molecule has 0 unspecified atom stereocenters. The topological polar surface area (TPSA) is 0 Å². The standard InChI is InChI=1S/2C9H10S.C2H6.CH4S/c2*1-2-6-9-8(4-1)5-3-7-10-9;2*1-2/h2*1-2,4,6H,3,5,7H2;1-2H3;2H,1H3. The van der Waals surface area contributed by atoms with E-state index in [1.807, 2.05) is 37.4 Å². The van der Waals surface area contributed by atoms with Gasteiger partial charge in [0.05, 0.1) is 0 Å². The lowest BCUT2D eigenvalue weighted by Gasteiger charge is -2.13. The average molecular weight is 379 g/mol. The van der Waals surface area contributed by atoms with Crippen LogP contribution < -0.4 is 0 Å². The summed E-state index contributed by atoms with van der Waals surface area (Å²) in [6.07, 6.45) is 6.95. The van der Waals surface area contributed by atoms with E-state index < -0.39 is 0 Å².